The number of carbonyl (C=O) groups is 1. The third-order valence-electron chi connectivity index (χ3n) is 3.31. The first-order valence-electron chi connectivity index (χ1n) is 6.90. The Morgan fingerprint density at radius 3 is 2.78 bits per heavy atom. The summed E-state index contributed by atoms with van der Waals surface area (Å²) in [7, 11) is 0. The summed E-state index contributed by atoms with van der Waals surface area (Å²) in [5.74, 6) is -0.222. The van der Waals surface area contributed by atoms with Gasteiger partial charge in [0.05, 0.1) is 10.0 Å². The van der Waals surface area contributed by atoms with Crippen molar-refractivity contribution in [1.82, 2.24) is 4.98 Å². The molecule has 114 valence electrons. The molecule has 1 N–H and O–H groups in total. The molecule has 0 spiro atoms. The normalized spacial score (nSPS) is 11.0. The molecule has 0 aliphatic carbocycles. The van der Waals surface area contributed by atoms with Crippen LogP contribution in [0.1, 0.15) is 5.56 Å². The van der Waals surface area contributed by atoms with Gasteiger partial charge >= 0.3 is 0 Å². The predicted octanol–water partition coefficient (Wildman–Crippen LogP) is 5.19. The van der Waals surface area contributed by atoms with E-state index in [1.54, 1.807) is 36.7 Å². The van der Waals surface area contributed by atoms with E-state index in [-0.39, 0.29) is 5.91 Å². The van der Waals surface area contributed by atoms with Crippen molar-refractivity contribution in [3.05, 3.63) is 76.5 Å². The number of nitrogens with zero attached hydrogens (tertiary/aromatic N) is 1. The van der Waals surface area contributed by atoms with E-state index in [4.69, 9.17) is 23.2 Å². The van der Waals surface area contributed by atoms with Crippen LogP contribution in [0.25, 0.3) is 16.8 Å². The summed E-state index contributed by atoms with van der Waals surface area (Å²) in [6, 6.07) is 12.7. The molecule has 3 aromatic rings. The minimum absolute atomic E-state index is 0.222. The van der Waals surface area contributed by atoms with Gasteiger partial charge in [0.15, 0.2) is 0 Å². The van der Waals surface area contributed by atoms with Gasteiger partial charge in [0.2, 0.25) is 5.91 Å². The highest BCUT2D eigenvalue weighted by molar-refractivity contribution is 6.42. The van der Waals surface area contributed by atoms with E-state index in [2.05, 4.69) is 10.3 Å². The fourth-order valence-corrected chi connectivity index (χ4v) is 2.50. The molecule has 0 saturated heterocycles. The van der Waals surface area contributed by atoms with Gasteiger partial charge in [0.25, 0.3) is 0 Å². The van der Waals surface area contributed by atoms with Crippen LogP contribution < -0.4 is 5.32 Å². The molecular formula is C18H12Cl2N2O. The third-order valence-corrected chi connectivity index (χ3v) is 4.05. The van der Waals surface area contributed by atoms with Crippen molar-refractivity contribution in [2.45, 2.75) is 0 Å². The predicted molar refractivity (Wildman–Crippen MR) is 95.9 cm³/mol. The van der Waals surface area contributed by atoms with Gasteiger partial charge in [-0.1, -0.05) is 41.4 Å². The zero-order valence-corrected chi connectivity index (χ0v) is 13.5. The van der Waals surface area contributed by atoms with Crippen molar-refractivity contribution in [1.29, 1.82) is 0 Å². The molecule has 0 fully saturated rings. The van der Waals surface area contributed by atoms with Gasteiger partial charge < -0.3 is 5.32 Å². The number of aromatic nitrogens is 1. The lowest BCUT2D eigenvalue weighted by atomic mass is 10.1. The van der Waals surface area contributed by atoms with Crippen LogP contribution in [0.3, 0.4) is 0 Å². The smallest absolute Gasteiger partial charge is 0.248 e. The molecule has 1 heterocycles. The van der Waals surface area contributed by atoms with E-state index >= 15 is 0 Å². The number of benzene rings is 2. The fraction of sp³-hybridized carbons (Fsp3) is 0. The maximum Gasteiger partial charge on any atom is 0.248 e. The van der Waals surface area contributed by atoms with Crippen molar-refractivity contribution < 1.29 is 4.79 Å². The average Bonchev–Trinajstić information content (AvgIpc) is 2.56. The summed E-state index contributed by atoms with van der Waals surface area (Å²) in [6.45, 7) is 0. The van der Waals surface area contributed by atoms with E-state index in [1.165, 1.54) is 6.08 Å². The number of fused-ring (bicyclic) bond motifs is 1. The zero-order chi connectivity index (χ0) is 16.2. The second kappa shape index (κ2) is 6.82. The first-order chi connectivity index (χ1) is 11.1. The van der Waals surface area contributed by atoms with Crippen molar-refractivity contribution in [2.75, 3.05) is 5.32 Å². The number of halogens is 2. The third kappa shape index (κ3) is 3.70. The van der Waals surface area contributed by atoms with Crippen molar-refractivity contribution in [3.8, 4) is 0 Å². The standard InChI is InChI=1S/C18H12Cl2N2O/c19-15-6-4-12(10-16(15)20)5-7-18(23)22-17-3-1-2-13-11-21-9-8-14(13)17/h1-11H,(H,22,23). The molecule has 0 aliphatic heterocycles. The molecule has 0 radical (unpaired) electrons. The molecule has 0 unspecified atom stereocenters. The first kappa shape index (κ1) is 15.5. The zero-order valence-electron chi connectivity index (χ0n) is 12.0. The summed E-state index contributed by atoms with van der Waals surface area (Å²) in [4.78, 5) is 16.2. The molecule has 1 amide bonds. The summed E-state index contributed by atoms with van der Waals surface area (Å²) in [5.41, 5.74) is 1.55. The van der Waals surface area contributed by atoms with E-state index in [0.29, 0.717) is 10.0 Å². The number of amides is 1. The molecule has 3 rings (SSSR count). The maximum atomic E-state index is 12.1. The Balaban J connectivity index is 1.78. The van der Waals surface area contributed by atoms with Crippen LogP contribution in [-0.4, -0.2) is 10.9 Å². The van der Waals surface area contributed by atoms with E-state index in [1.807, 2.05) is 24.3 Å². The van der Waals surface area contributed by atoms with Gasteiger partial charge in [-0.05, 0) is 35.9 Å². The van der Waals surface area contributed by atoms with Crippen LogP contribution in [0.15, 0.2) is 60.9 Å². The van der Waals surface area contributed by atoms with Crippen LogP contribution in [0.5, 0.6) is 0 Å². The van der Waals surface area contributed by atoms with Crippen molar-refractivity contribution in [3.63, 3.8) is 0 Å². The van der Waals surface area contributed by atoms with Crippen molar-refractivity contribution in [2.24, 2.45) is 0 Å². The van der Waals surface area contributed by atoms with Gasteiger partial charge in [-0.3, -0.25) is 9.78 Å². The Morgan fingerprint density at radius 1 is 1.09 bits per heavy atom. The van der Waals surface area contributed by atoms with Crippen LogP contribution in [0.2, 0.25) is 10.0 Å². The molecule has 1 aromatic heterocycles. The van der Waals surface area contributed by atoms with Crippen LogP contribution >= 0.6 is 23.2 Å². The Morgan fingerprint density at radius 2 is 1.96 bits per heavy atom. The van der Waals surface area contributed by atoms with Gasteiger partial charge in [-0.15, -0.1) is 0 Å². The quantitative estimate of drug-likeness (QED) is 0.665. The molecule has 0 atom stereocenters. The monoisotopic (exact) mass is 342 g/mol. The summed E-state index contributed by atoms with van der Waals surface area (Å²) >= 11 is 11.8. The van der Waals surface area contributed by atoms with Gasteiger partial charge in [0.1, 0.15) is 0 Å². The number of anilines is 1. The van der Waals surface area contributed by atoms with Crippen molar-refractivity contribution >= 4 is 51.6 Å². The molecule has 0 aliphatic rings. The largest absolute Gasteiger partial charge is 0.322 e. The minimum atomic E-state index is -0.222. The molecule has 5 heteroatoms. The van der Waals surface area contributed by atoms with Crippen LogP contribution in [0.4, 0.5) is 5.69 Å². The van der Waals surface area contributed by atoms with E-state index in [0.717, 1.165) is 22.0 Å². The molecule has 0 saturated carbocycles. The van der Waals surface area contributed by atoms with Gasteiger partial charge in [0, 0.05) is 34.9 Å². The van der Waals surface area contributed by atoms with Crippen LogP contribution in [-0.2, 0) is 4.79 Å². The highest BCUT2D eigenvalue weighted by Crippen LogP contribution is 2.24. The lowest BCUT2D eigenvalue weighted by molar-refractivity contribution is -0.111. The molecule has 23 heavy (non-hydrogen) atoms. The highest BCUT2D eigenvalue weighted by atomic mass is 35.5. The van der Waals surface area contributed by atoms with E-state index < -0.39 is 0 Å². The summed E-state index contributed by atoms with van der Waals surface area (Å²) in [6.07, 6.45) is 6.60. The minimum Gasteiger partial charge on any atom is -0.322 e. The first-order valence-corrected chi connectivity index (χ1v) is 7.66. The molecule has 0 bridgehead atoms. The highest BCUT2D eigenvalue weighted by Gasteiger charge is 2.03. The lowest BCUT2D eigenvalue weighted by Gasteiger charge is -2.06. The number of hydrogen-bond donors (Lipinski definition) is 1. The topological polar surface area (TPSA) is 42.0 Å². The second-order valence-corrected chi connectivity index (χ2v) is 5.71. The Hall–Kier alpha value is -2.36. The van der Waals surface area contributed by atoms with Gasteiger partial charge in [-0.2, -0.15) is 0 Å². The van der Waals surface area contributed by atoms with Crippen LogP contribution in [0, 0.1) is 0 Å². The van der Waals surface area contributed by atoms with Gasteiger partial charge in [-0.25, -0.2) is 0 Å². The fourth-order valence-electron chi connectivity index (χ4n) is 2.19. The second-order valence-electron chi connectivity index (χ2n) is 4.90. The average molecular weight is 343 g/mol. The summed E-state index contributed by atoms with van der Waals surface area (Å²) in [5, 5.41) is 5.72. The lowest BCUT2D eigenvalue weighted by Crippen LogP contribution is -2.08. The number of rotatable bonds is 3. The summed E-state index contributed by atoms with van der Waals surface area (Å²) < 4.78 is 0. The molecular weight excluding hydrogens is 331 g/mol. The number of pyridine rings is 1. The molecule has 3 nitrogen and oxygen atoms in total. The Bertz CT molecular complexity index is 901. The number of nitrogens with one attached hydrogen (secondary N) is 1. The number of hydrogen-bond acceptors (Lipinski definition) is 2. The maximum absolute atomic E-state index is 12.1. The van der Waals surface area contributed by atoms with E-state index in [9.17, 15) is 4.79 Å². The SMILES string of the molecule is O=C(C=Cc1ccc(Cl)c(Cl)c1)Nc1cccc2cnccc12. The molecule has 2 aromatic carbocycles. The Kier molecular flexibility index (Phi) is 4.60. The number of carbonyl (C=O) groups excluding carboxylic acids is 1. The Labute approximate surface area is 143 Å².